The van der Waals surface area contributed by atoms with Gasteiger partial charge in [0.15, 0.2) is 0 Å². The van der Waals surface area contributed by atoms with Gasteiger partial charge in [0, 0.05) is 6.92 Å². The van der Waals surface area contributed by atoms with Crippen LogP contribution in [0.1, 0.15) is 17.3 Å². The third-order valence-corrected chi connectivity index (χ3v) is 1.30. The fourth-order valence-corrected chi connectivity index (χ4v) is 0.760. The highest BCUT2D eigenvalue weighted by Crippen LogP contribution is 2.05. The van der Waals surface area contributed by atoms with Crippen LogP contribution < -0.4 is 0 Å². The first kappa shape index (κ1) is 10.2. The van der Waals surface area contributed by atoms with Crippen LogP contribution in [0.25, 0.3) is 0 Å². The molecule has 1 rings (SSSR count). The highest BCUT2D eigenvalue weighted by atomic mass is 19.1. The minimum absolute atomic E-state index is 0.0220. The zero-order chi connectivity index (χ0) is 10.6. The van der Waals surface area contributed by atoms with Crippen molar-refractivity contribution in [3.63, 3.8) is 0 Å². The van der Waals surface area contributed by atoms with Crippen LogP contribution in [0.2, 0.25) is 0 Å². The Morgan fingerprint density at radius 3 is 2.57 bits per heavy atom. The first-order valence-electron chi connectivity index (χ1n) is 3.74. The van der Waals surface area contributed by atoms with Gasteiger partial charge in [-0.05, 0) is 18.2 Å². The molecule has 14 heavy (non-hydrogen) atoms. The van der Waals surface area contributed by atoms with E-state index in [1.165, 1.54) is 18.2 Å². The van der Waals surface area contributed by atoms with E-state index in [4.69, 9.17) is 0 Å². The van der Waals surface area contributed by atoms with Gasteiger partial charge in [0.25, 0.3) is 0 Å². The van der Waals surface area contributed by atoms with Crippen LogP contribution in [-0.2, 0) is 14.6 Å². The molecular formula is C9H7FO4. The molecule has 0 fully saturated rings. The predicted octanol–water partition coefficient (Wildman–Crippen LogP) is 1.46. The summed E-state index contributed by atoms with van der Waals surface area (Å²) in [7, 11) is 0. The van der Waals surface area contributed by atoms with Gasteiger partial charge in [-0.3, -0.25) is 0 Å². The lowest BCUT2D eigenvalue weighted by atomic mass is 10.2. The highest BCUT2D eigenvalue weighted by Gasteiger charge is 2.10. The maximum Gasteiger partial charge on any atom is 0.386 e. The molecule has 0 saturated carbocycles. The monoisotopic (exact) mass is 198 g/mol. The smallest absolute Gasteiger partial charge is 0.248 e. The molecule has 0 aliphatic heterocycles. The molecule has 74 valence electrons. The Kier molecular flexibility index (Phi) is 3.17. The molecule has 0 atom stereocenters. The molecule has 0 spiro atoms. The molecule has 0 aliphatic carbocycles. The van der Waals surface area contributed by atoms with E-state index in [-0.39, 0.29) is 5.56 Å². The second kappa shape index (κ2) is 4.36. The standard InChI is InChI=1S/C9H7FO4/c1-6(11)13-14-9(12)7-3-2-4-8(10)5-7/h2-5H,1H3. The van der Waals surface area contributed by atoms with Crippen molar-refractivity contribution >= 4 is 11.9 Å². The van der Waals surface area contributed by atoms with Gasteiger partial charge in [0.2, 0.25) is 0 Å². The van der Waals surface area contributed by atoms with Crippen LogP contribution in [0, 0.1) is 5.82 Å². The summed E-state index contributed by atoms with van der Waals surface area (Å²) >= 11 is 0. The largest absolute Gasteiger partial charge is 0.386 e. The molecule has 0 unspecified atom stereocenters. The molecule has 0 N–H and O–H groups in total. The van der Waals surface area contributed by atoms with Crippen LogP contribution in [-0.4, -0.2) is 11.9 Å². The second-order valence-electron chi connectivity index (χ2n) is 2.46. The molecule has 0 aromatic heterocycles. The van der Waals surface area contributed by atoms with Crippen LogP contribution >= 0.6 is 0 Å². The van der Waals surface area contributed by atoms with E-state index in [1.807, 2.05) is 0 Å². The van der Waals surface area contributed by atoms with Crippen molar-refractivity contribution in [2.75, 3.05) is 0 Å². The number of carbonyl (C=O) groups is 2. The highest BCUT2D eigenvalue weighted by molar-refractivity contribution is 5.89. The molecule has 0 amide bonds. The molecule has 5 heteroatoms. The second-order valence-corrected chi connectivity index (χ2v) is 2.46. The summed E-state index contributed by atoms with van der Waals surface area (Å²) in [6.07, 6.45) is 0. The average Bonchev–Trinajstić information content (AvgIpc) is 2.14. The van der Waals surface area contributed by atoms with Crippen molar-refractivity contribution in [2.24, 2.45) is 0 Å². The molecule has 4 nitrogen and oxygen atoms in total. The van der Waals surface area contributed by atoms with Crippen molar-refractivity contribution in [3.8, 4) is 0 Å². The summed E-state index contributed by atoms with van der Waals surface area (Å²) in [5, 5.41) is 0. The Morgan fingerprint density at radius 1 is 1.29 bits per heavy atom. The normalized spacial score (nSPS) is 9.29. The van der Waals surface area contributed by atoms with Gasteiger partial charge < -0.3 is 0 Å². The summed E-state index contributed by atoms with van der Waals surface area (Å²) in [4.78, 5) is 29.4. The van der Waals surface area contributed by atoms with Crippen molar-refractivity contribution in [1.29, 1.82) is 0 Å². The first-order valence-corrected chi connectivity index (χ1v) is 3.74. The van der Waals surface area contributed by atoms with E-state index in [1.54, 1.807) is 0 Å². The van der Waals surface area contributed by atoms with Gasteiger partial charge in [-0.2, -0.15) is 0 Å². The fraction of sp³-hybridized carbons (Fsp3) is 0.111. The van der Waals surface area contributed by atoms with Crippen LogP contribution in [0.4, 0.5) is 4.39 Å². The van der Waals surface area contributed by atoms with E-state index in [9.17, 15) is 14.0 Å². The predicted molar refractivity (Wildman–Crippen MR) is 43.6 cm³/mol. The van der Waals surface area contributed by atoms with E-state index in [0.717, 1.165) is 13.0 Å². The minimum atomic E-state index is -0.917. The van der Waals surface area contributed by atoms with Crippen molar-refractivity contribution < 1.29 is 23.8 Å². The Hall–Kier alpha value is -1.91. The number of benzene rings is 1. The maximum atomic E-state index is 12.6. The van der Waals surface area contributed by atoms with Gasteiger partial charge in [-0.1, -0.05) is 6.07 Å². The summed E-state index contributed by atoms with van der Waals surface area (Å²) < 4.78 is 12.6. The molecule has 0 heterocycles. The third-order valence-electron chi connectivity index (χ3n) is 1.30. The van der Waals surface area contributed by atoms with E-state index in [0.29, 0.717) is 0 Å². The molecule has 0 saturated heterocycles. The van der Waals surface area contributed by atoms with Gasteiger partial charge in [0.05, 0.1) is 5.56 Å². The number of carbonyl (C=O) groups excluding carboxylic acids is 2. The lowest BCUT2D eigenvalue weighted by molar-refractivity contribution is -0.231. The Bertz CT molecular complexity index is 362. The Morgan fingerprint density at radius 2 is 2.00 bits per heavy atom. The van der Waals surface area contributed by atoms with Crippen molar-refractivity contribution in [2.45, 2.75) is 6.92 Å². The number of rotatable bonds is 1. The SMILES string of the molecule is CC(=O)OOC(=O)c1cccc(F)c1. The zero-order valence-electron chi connectivity index (χ0n) is 7.32. The lowest BCUT2D eigenvalue weighted by Crippen LogP contribution is -2.09. The van der Waals surface area contributed by atoms with Crippen LogP contribution in [0.15, 0.2) is 24.3 Å². The maximum absolute atomic E-state index is 12.6. The quantitative estimate of drug-likeness (QED) is 0.506. The van der Waals surface area contributed by atoms with E-state index in [2.05, 4.69) is 9.78 Å². The van der Waals surface area contributed by atoms with Crippen LogP contribution in [0.3, 0.4) is 0 Å². The molecular weight excluding hydrogens is 191 g/mol. The van der Waals surface area contributed by atoms with Gasteiger partial charge >= 0.3 is 11.9 Å². The summed E-state index contributed by atoms with van der Waals surface area (Å²) in [6, 6.07) is 4.85. The van der Waals surface area contributed by atoms with Gasteiger partial charge in [-0.25, -0.2) is 23.8 Å². The molecule has 0 radical (unpaired) electrons. The lowest BCUT2D eigenvalue weighted by Gasteiger charge is -2.00. The fourth-order valence-electron chi connectivity index (χ4n) is 0.760. The molecule has 0 bridgehead atoms. The summed E-state index contributed by atoms with van der Waals surface area (Å²) in [5.74, 6) is -2.24. The van der Waals surface area contributed by atoms with E-state index >= 15 is 0 Å². The summed E-state index contributed by atoms with van der Waals surface area (Å²) in [5.41, 5.74) is -0.0220. The molecule has 1 aromatic rings. The topological polar surface area (TPSA) is 52.6 Å². The first-order chi connectivity index (χ1) is 6.59. The van der Waals surface area contributed by atoms with Crippen molar-refractivity contribution in [3.05, 3.63) is 35.6 Å². The van der Waals surface area contributed by atoms with Crippen LogP contribution in [0.5, 0.6) is 0 Å². The number of halogens is 1. The van der Waals surface area contributed by atoms with Gasteiger partial charge in [-0.15, -0.1) is 0 Å². The zero-order valence-corrected chi connectivity index (χ0v) is 7.32. The molecule has 1 aromatic carbocycles. The Balaban J connectivity index is 2.65. The number of hydrogen-bond donors (Lipinski definition) is 0. The minimum Gasteiger partial charge on any atom is -0.248 e. The summed E-state index contributed by atoms with van der Waals surface area (Å²) in [6.45, 7) is 1.08. The van der Waals surface area contributed by atoms with Crippen molar-refractivity contribution in [1.82, 2.24) is 0 Å². The van der Waals surface area contributed by atoms with Gasteiger partial charge in [0.1, 0.15) is 5.82 Å². The average molecular weight is 198 g/mol. The molecule has 0 aliphatic rings. The van der Waals surface area contributed by atoms with E-state index < -0.39 is 17.8 Å². The third kappa shape index (κ3) is 2.85. The number of hydrogen-bond acceptors (Lipinski definition) is 4. The Labute approximate surface area is 79.2 Å².